The fraction of sp³-hybridized carbons (Fsp3) is 0.0408. The molecule has 0 atom stereocenters. The van der Waals surface area contributed by atoms with E-state index in [1.807, 2.05) is 12.4 Å². The maximum atomic E-state index is 6.41. The molecule has 1 aliphatic carbocycles. The smallest absolute Gasteiger partial charge is 0.135 e. The van der Waals surface area contributed by atoms with Crippen molar-refractivity contribution in [3.63, 3.8) is 0 Å². The largest absolute Gasteiger partial charge is 0.460 e. The van der Waals surface area contributed by atoms with E-state index < -0.39 is 0 Å². The lowest BCUT2D eigenvalue weighted by atomic mass is 9.92. The van der Waals surface area contributed by atoms with Gasteiger partial charge in [0.1, 0.15) is 11.3 Å². The minimum atomic E-state index is 0.907. The highest BCUT2D eigenvalue weighted by Crippen LogP contribution is 2.47. The lowest BCUT2D eigenvalue weighted by Crippen LogP contribution is -2.12. The molecule has 7 aromatic carbocycles. The lowest BCUT2D eigenvalue weighted by molar-refractivity contribution is 0.546. The van der Waals surface area contributed by atoms with Crippen LogP contribution in [0.15, 0.2) is 181 Å². The number of furan rings is 1. The summed E-state index contributed by atoms with van der Waals surface area (Å²) in [6, 6.07) is 56.8. The van der Waals surface area contributed by atoms with E-state index in [4.69, 9.17) is 9.40 Å². The Morgan fingerprint density at radius 1 is 0.500 bits per heavy atom. The molecule has 3 nitrogen and oxygen atoms in total. The first-order valence-electron chi connectivity index (χ1n) is 17.9. The highest BCUT2D eigenvalue weighted by atomic mass is 16.3. The standard InChI is InChI=1S/C49H34N2O/c1-3-13-33(14-4-1)36-19-11-20-39(27-36)51(47-32-50-31-38-29-49-45(30-43(38)47)42-22-9-10-24-48(42)52-49)46-26-25-37(34-15-5-2-6-16-34)28-44(46)41-23-12-18-35-17-7-8-21-40(35)41/h1-9,11-23,25-32H,10,24H2. The second-order valence-corrected chi connectivity index (χ2v) is 13.5. The van der Waals surface area contributed by atoms with Gasteiger partial charge in [0, 0.05) is 45.6 Å². The van der Waals surface area contributed by atoms with E-state index in [0.29, 0.717) is 0 Å². The van der Waals surface area contributed by atoms with Crippen molar-refractivity contribution in [3.8, 4) is 33.4 Å². The molecular weight excluding hydrogens is 633 g/mol. The van der Waals surface area contributed by atoms with Crippen LogP contribution in [-0.4, -0.2) is 4.98 Å². The number of hydrogen-bond donors (Lipinski definition) is 0. The van der Waals surface area contributed by atoms with Gasteiger partial charge in [-0.25, -0.2) is 0 Å². The number of anilines is 3. The molecule has 0 fully saturated rings. The maximum absolute atomic E-state index is 6.41. The topological polar surface area (TPSA) is 29.3 Å². The fourth-order valence-corrected chi connectivity index (χ4v) is 7.86. The van der Waals surface area contributed by atoms with Crippen LogP contribution >= 0.6 is 0 Å². The van der Waals surface area contributed by atoms with Crippen LogP contribution in [0.2, 0.25) is 0 Å². The van der Waals surface area contributed by atoms with Gasteiger partial charge in [-0.15, -0.1) is 0 Å². The highest BCUT2D eigenvalue weighted by Gasteiger charge is 2.23. The first-order chi connectivity index (χ1) is 25.8. The van der Waals surface area contributed by atoms with Crippen molar-refractivity contribution in [1.82, 2.24) is 4.98 Å². The van der Waals surface area contributed by atoms with Crippen LogP contribution in [0.1, 0.15) is 17.7 Å². The first kappa shape index (κ1) is 30.1. The lowest BCUT2D eigenvalue weighted by Gasteiger charge is -2.30. The van der Waals surface area contributed by atoms with Crippen LogP contribution in [0.4, 0.5) is 17.1 Å². The number of rotatable bonds is 6. The van der Waals surface area contributed by atoms with Crippen LogP contribution in [0.5, 0.6) is 0 Å². The molecule has 0 saturated carbocycles. The minimum Gasteiger partial charge on any atom is -0.460 e. The summed E-state index contributed by atoms with van der Waals surface area (Å²) in [6.07, 6.45) is 10.4. The van der Waals surface area contributed by atoms with Gasteiger partial charge in [0.15, 0.2) is 0 Å². The average Bonchev–Trinajstić information content (AvgIpc) is 3.58. The van der Waals surface area contributed by atoms with Crippen molar-refractivity contribution in [3.05, 3.63) is 188 Å². The SMILES string of the molecule is C1=Cc2c(oc3cc4cncc(N(c5cccc(-c6ccccc6)c5)c5ccc(-c6ccccc6)cc5-c5cccc6ccccc56)c4cc23)CC1. The van der Waals surface area contributed by atoms with Crippen LogP contribution in [0, 0.1) is 0 Å². The predicted molar refractivity (Wildman–Crippen MR) is 217 cm³/mol. The number of aromatic nitrogens is 1. The van der Waals surface area contributed by atoms with Crippen LogP contribution in [0.3, 0.4) is 0 Å². The van der Waals surface area contributed by atoms with Crippen LogP contribution < -0.4 is 4.90 Å². The second-order valence-electron chi connectivity index (χ2n) is 13.5. The molecule has 10 rings (SSSR count). The number of hydrogen-bond acceptors (Lipinski definition) is 3. The van der Waals surface area contributed by atoms with Crippen molar-refractivity contribution in [2.24, 2.45) is 0 Å². The molecule has 0 amide bonds. The first-order valence-corrected chi connectivity index (χ1v) is 17.9. The zero-order valence-electron chi connectivity index (χ0n) is 28.5. The highest BCUT2D eigenvalue weighted by molar-refractivity contribution is 6.09. The third kappa shape index (κ3) is 5.18. The van der Waals surface area contributed by atoms with Gasteiger partial charge in [0.2, 0.25) is 0 Å². The molecule has 2 aromatic heterocycles. The fourth-order valence-electron chi connectivity index (χ4n) is 7.86. The molecule has 0 spiro atoms. The van der Waals surface area contributed by atoms with Gasteiger partial charge in [0.05, 0.1) is 17.6 Å². The third-order valence-corrected chi connectivity index (χ3v) is 10.4. The van der Waals surface area contributed by atoms with Gasteiger partial charge in [-0.05, 0) is 81.4 Å². The third-order valence-electron chi connectivity index (χ3n) is 10.4. The van der Waals surface area contributed by atoms with E-state index >= 15 is 0 Å². The predicted octanol–water partition coefficient (Wildman–Crippen LogP) is 13.6. The molecule has 9 aromatic rings. The Bertz CT molecular complexity index is 2790. The molecule has 0 aliphatic heterocycles. The number of fused-ring (bicyclic) bond motifs is 5. The minimum absolute atomic E-state index is 0.907. The molecule has 0 N–H and O–H groups in total. The number of benzene rings is 7. The number of allylic oxidation sites excluding steroid dienone is 1. The molecule has 0 unspecified atom stereocenters. The zero-order valence-corrected chi connectivity index (χ0v) is 28.5. The Morgan fingerprint density at radius 2 is 1.23 bits per heavy atom. The van der Waals surface area contributed by atoms with Gasteiger partial charge in [-0.2, -0.15) is 0 Å². The summed E-state index contributed by atoms with van der Waals surface area (Å²) in [7, 11) is 0. The van der Waals surface area contributed by atoms with E-state index in [-0.39, 0.29) is 0 Å². The second kappa shape index (κ2) is 12.6. The summed E-state index contributed by atoms with van der Waals surface area (Å²) in [5, 5.41) is 5.71. The van der Waals surface area contributed by atoms with Gasteiger partial charge < -0.3 is 9.32 Å². The quantitative estimate of drug-likeness (QED) is 0.177. The molecule has 2 heterocycles. The van der Waals surface area contributed by atoms with Crippen LogP contribution in [0.25, 0.3) is 72.0 Å². The summed E-state index contributed by atoms with van der Waals surface area (Å²) in [6.45, 7) is 0. The maximum Gasteiger partial charge on any atom is 0.135 e. The molecule has 1 aliphatic rings. The Morgan fingerprint density at radius 3 is 2.08 bits per heavy atom. The van der Waals surface area contributed by atoms with E-state index in [9.17, 15) is 0 Å². The Kier molecular flexibility index (Phi) is 7.28. The van der Waals surface area contributed by atoms with Crippen molar-refractivity contribution < 1.29 is 4.42 Å². The summed E-state index contributed by atoms with van der Waals surface area (Å²) in [5.74, 6) is 1.06. The van der Waals surface area contributed by atoms with Crippen molar-refractivity contribution in [1.29, 1.82) is 0 Å². The molecule has 0 saturated heterocycles. The molecular formula is C49H34N2O. The van der Waals surface area contributed by atoms with Gasteiger partial charge >= 0.3 is 0 Å². The van der Waals surface area contributed by atoms with Crippen LogP contribution in [-0.2, 0) is 6.42 Å². The van der Waals surface area contributed by atoms with Gasteiger partial charge in [-0.1, -0.05) is 133 Å². The van der Waals surface area contributed by atoms with E-state index in [2.05, 4.69) is 175 Å². The number of aryl methyl sites for hydroxylation is 1. The Hall–Kier alpha value is -6.71. The molecule has 246 valence electrons. The summed E-state index contributed by atoms with van der Waals surface area (Å²) < 4.78 is 6.41. The Labute approximate surface area is 302 Å². The van der Waals surface area contributed by atoms with Gasteiger partial charge in [-0.3, -0.25) is 4.98 Å². The summed E-state index contributed by atoms with van der Waals surface area (Å²) >= 11 is 0. The van der Waals surface area contributed by atoms with E-state index in [0.717, 1.165) is 68.5 Å². The summed E-state index contributed by atoms with van der Waals surface area (Å²) in [5.41, 5.74) is 12.2. The van der Waals surface area contributed by atoms with Crippen molar-refractivity contribution in [2.75, 3.05) is 4.90 Å². The molecule has 0 radical (unpaired) electrons. The average molecular weight is 667 g/mol. The van der Waals surface area contributed by atoms with Gasteiger partial charge in [0.25, 0.3) is 0 Å². The number of pyridine rings is 1. The zero-order chi connectivity index (χ0) is 34.4. The van der Waals surface area contributed by atoms with Crippen molar-refractivity contribution >= 4 is 55.7 Å². The molecule has 0 bridgehead atoms. The number of nitrogens with zero attached hydrogens (tertiary/aromatic N) is 2. The Balaban J connectivity index is 1.28. The molecule has 3 heteroatoms. The monoisotopic (exact) mass is 666 g/mol. The molecule has 52 heavy (non-hydrogen) atoms. The van der Waals surface area contributed by atoms with Crippen molar-refractivity contribution in [2.45, 2.75) is 12.8 Å². The van der Waals surface area contributed by atoms with E-state index in [1.165, 1.54) is 38.6 Å². The normalized spacial score (nSPS) is 12.4. The van der Waals surface area contributed by atoms with E-state index in [1.54, 1.807) is 0 Å². The summed E-state index contributed by atoms with van der Waals surface area (Å²) in [4.78, 5) is 7.28.